The molecule has 1 aromatic heterocycles. The van der Waals surface area contributed by atoms with Gasteiger partial charge in [0.15, 0.2) is 0 Å². The molecule has 1 saturated heterocycles. The number of aromatic nitrogens is 1. The largest absolute Gasteiger partial charge is 0.379 e. The van der Waals surface area contributed by atoms with Crippen LogP contribution in [0.3, 0.4) is 0 Å². The molecule has 6 nitrogen and oxygen atoms in total. The zero-order chi connectivity index (χ0) is 23.8. The second kappa shape index (κ2) is 12.4. The van der Waals surface area contributed by atoms with Crippen molar-refractivity contribution in [2.24, 2.45) is 0 Å². The highest BCUT2D eigenvalue weighted by Gasteiger charge is 2.16. The maximum atomic E-state index is 13.3. The van der Waals surface area contributed by atoms with Crippen LogP contribution in [0.2, 0.25) is 5.02 Å². The SMILES string of the molecule is O=C(NCCN1CCOCC1)c1csc(CN(Cc2ccc(F)cc2)Cc2ccc(Cl)cc2)n1. The summed E-state index contributed by atoms with van der Waals surface area (Å²) in [6.07, 6.45) is 0. The number of benzene rings is 2. The number of nitrogens with one attached hydrogen (secondary N) is 1. The number of nitrogens with zero attached hydrogens (tertiary/aromatic N) is 3. The molecule has 0 spiro atoms. The summed E-state index contributed by atoms with van der Waals surface area (Å²) in [5, 5.41) is 6.32. The number of hydrogen-bond donors (Lipinski definition) is 1. The van der Waals surface area contributed by atoms with E-state index < -0.39 is 0 Å². The summed E-state index contributed by atoms with van der Waals surface area (Å²) in [4.78, 5) is 21.6. The number of amides is 1. The van der Waals surface area contributed by atoms with E-state index in [1.807, 2.05) is 24.3 Å². The minimum Gasteiger partial charge on any atom is -0.379 e. The molecule has 34 heavy (non-hydrogen) atoms. The molecule has 180 valence electrons. The van der Waals surface area contributed by atoms with Crippen LogP contribution in [0.5, 0.6) is 0 Å². The molecule has 0 unspecified atom stereocenters. The Hall–Kier alpha value is -2.36. The van der Waals surface area contributed by atoms with E-state index in [0.29, 0.717) is 36.9 Å². The first-order valence-electron chi connectivity index (χ1n) is 11.3. The number of ether oxygens (including phenoxy) is 1. The molecular formula is C25H28ClFN4O2S. The molecule has 2 heterocycles. The second-order valence-corrected chi connectivity index (χ2v) is 9.61. The quantitative estimate of drug-likeness (QED) is 0.450. The summed E-state index contributed by atoms with van der Waals surface area (Å²) in [5.41, 5.74) is 2.56. The third-order valence-electron chi connectivity index (χ3n) is 5.60. The average molecular weight is 503 g/mol. The Bertz CT molecular complexity index is 1010. The molecule has 1 fully saturated rings. The fraction of sp³-hybridized carbons (Fsp3) is 0.360. The first-order chi connectivity index (χ1) is 16.5. The van der Waals surface area contributed by atoms with E-state index in [0.717, 1.165) is 49.0 Å². The van der Waals surface area contributed by atoms with Crippen LogP contribution in [-0.4, -0.2) is 60.1 Å². The molecule has 3 aromatic rings. The van der Waals surface area contributed by atoms with Gasteiger partial charge >= 0.3 is 0 Å². The number of hydrogen-bond acceptors (Lipinski definition) is 6. The van der Waals surface area contributed by atoms with E-state index in [2.05, 4.69) is 20.1 Å². The molecule has 1 N–H and O–H groups in total. The fourth-order valence-electron chi connectivity index (χ4n) is 3.79. The number of thiazole rings is 1. The van der Waals surface area contributed by atoms with Crippen LogP contribution in [0.15, 0.2) is 53.9 Å². The Balaban J connectivity index is 1.36. The maximum absolute atomic E-state index is 13.3. The van der Waals surface area contributed by atoms with E-state index in [-0.39, 0.29) is 11.7 Å². The van der Waals surface area contributed by atoms with Crippen molar-refractivity contribution in [1.29, 1.82) is 0 Å². The number of carbonyl (C=O) groups excluding carboxylic acids is 1. The van der Waals surface area contributed by atoms with E-state index in [1.54, 1.807) is 17.5 Å². The average Bonchev–Trinajstić information content (AvgIpc) is 3.31. The van der Waals surface area contributed by atoms with Crippen molar-refractivity contribution < 1.29 is 13.9 Å². The molecule has 9 heteroatoms. The first-order valence-corrected chi connectivity index (χ1v) is 12.5. The summed E-state index contributed by atoms with van der Waals surface area (Å²) in [6, 6.07) is 14.3. The summed E-state index contributed by atoms with van der Waals surface area (Å²) in [7, 11) is 0. The van der Waals surface area contributed by atoms with Crippen LogP contribution in [0, 0.1) is 5.82 Å². The summed E-state index contributed by atoms with van der Waals surface area (Å²) < 4.78 is 18.7. The Morgan fingerprint density at radius 3 is 2.38 bits per heavy atom. The highest BCUT2D eigenvalue weighted by molar-refractivity contribution is 7.09. The maximum Gasteiger partial charge on any atom is 0.270 e. The lowest BCUT2D eigenvalue weighted by molar-refractivity contribution is 0.0383. The van der Waals surface area contributed by atoms with Gasteiger partial charge in [-0.1, -0.05) is 35.9 Å². The number of rotatable bonds is 10. The van der Waals surface area contributed by atoms with Gasteiger partial charge in [0.1, 0.15) is 16.5 Å². The van der Waals surface area contributed by atoms with Crippen LogP contribution in [-0.2, 0) is 24.4 Å². The van der Waals surface area contributed by atoms with Crippen LogP contribution < -0.4 is 5.32 Å². The monoisotopic (exact) mass is 502 g/mol. The van der Waals surface area contributed by atoms with Gasteiger partial charge in [0.25, 0.3) is 5.91 Å². The molecule has 1 aliphatic rings. The first kappa shape index (κ1) is 24.8. The van der Waals surface area contributed by atoms with E-state index in [4.69, 9.17) is 16.3 Å². The Morgan fingerprint density at radius 2 is 1.71 bits per heavy atom. The third-order valence-corrected chi connectivity index (χ3v) is 6.68. The van der Waals surface area contributed by atoms with Crippen molar-refractivity contribution in [2.45, 2.75) is 19.6 Å². The molecule has 0 saturated carbocycles. The molecule has 0 radical (unpaired) electrons. The second-order valence-electron chi connectivity index (χ2n) is 8.23. The molecule has 4 rings (SSSR count). The predicted octanol–water partition coefficient (Wildman–Crippen LogP) is 4.20. The van der Waals surface area contributed by atoms with Gasteiger partial charge in [-0.05, 0) is 35.4 Å². The van der Waals surface area contributed by atoms with E-state index in [9.17, 15) is 9.18 Å². The normalized spacial score (nSPS) is 14.4. The fourth-order valence-corrected chi connectivity index (χ4v) is 4.73. The smallest absolute Gasteiger partial charge is 0.270 e. The molecule has 1 aliphatic heterocycles. The van der Waals surface area contributed by atoms with Crippen LogP contribution in [0.1, 0.15) is 26.6 Å². The topological polar surface area (TPSA) is 57.7 Å². The predicted molar refractivity (Wildman–Crippen MR) is 133 cm³/mol. The van der Waals surface area contributed by atoms with Crippen molar-refractivity contribution in [2.75, 3.05) is 39.4 Å². The summed E-state index contributed by atoms with van der Waals surface area (Å²) in [5.74, 6) is -0.407. The van der Waals surface area contributed by atoms with Gasteiger partial charge in [0.2, 0.25) is 0 Å². The molecule has 0 bridgehead atoms. The minimum atomic E-state index is -0.253. The van der Waals surface area contributed by atoms with Crippen molar-refractivity contribution in [3.8, 4) is 0 Å². The molecule has 0 aliphatic carbocycles. The van der Waals surface area contributed by atoms with Gasteiger partial charge in [0, 0.05) is 49.7 Å². The Morgan fingerprint density at radius 1 is 1.06 bits per heavy atom. The lowest BCUT2D eigenvalue weighted by Gasteiger charge is -2.26. The van der Waals surface area contributed by atoms with Crippen molar-refractivity contribution >= 4 is 28.8 Å². The zero-order valence-corrected chi connectivity index (χ0v) is 20.5. The van der Waals surface area contributed by atoms with Gasteiger partial charge in [-0.2, -0.15) is 0 Å². The molecule has 0 atom stereocenters. The van der Waals surface area contributed by atoms with Crippen LogP contribution in [0.4, 0.5) is 4.39 Å². The number of halogens is 2. The molecular weight excluding hydrogens is 475 g/mol. The van der Waals surface area contributed by atoms with Gasteiger partial charge in [-0.25, -0.2) is 9.37 Å². The van der Waals surface area contributed by atoms with Gasteiger partial charge in [-0.3, -0.25) is 14.6 Å². The minimum absolute atomic E-state index is 0.154. The van der Waals surface area contributed by atoms with Crippen LogP contribution in [0.25, 0.3) is 0 Å². The number of morpholine rings is 1. The highest BCUT2D eigenvalue weighted by Crippen LogP contribution is 2.19. The molecule has 2 aromatic carbocycles. The summed E-state index contributed by atoms with van der Waals surface area (Å²) >= 11 is 7.50. The standard InChI is InChI=1S/C25H28ClFN4O2S/c26-21-5-1-19(2-6-21)15-31(16-20-3-7-22(27)8-4-20)17-24-29-23(18-34-24)25(32)28-9-10-30-11-13-33-14-12-30/h1-8,18H,9-17H2,(H,28,32). The lowest BCUT2D eigenvalue weighted by Crippen LogP contribution is -2.41. The number of carbonyl (C=O) groups is 1. The highest BCUT2D eigenvalue weighted by atomic mass is 35.5. The van der Waals surface area contributed by atoms with E-state index in [1.165, 1.54) is 23.5 Å². The Kier molecular flexibility index (Phi) is 9.01. The third kappa shape index (κ3) is 7.58. The lowest BCUT2D eigenvalue weighted by atomic mass is 10.1. The Labute approximate surface area is 208 Å². The van der Waals surface area contributed by atoms with Gasteiger partial charge < -0.3 is 10.1 Å². The van der Waals surface area contributed by atoms with E-state index >= 15 is 0 Å². The summed E-state index contributed by atoms with van der Waals surface area (Å²) in [6.45, 7) is 6.55. The zero-order valence-electron chi connectivity index (χ0n) is 18.9. The van der Waals surface area contributed by atoms with Gasteiger partial charge in [-0.15, -0.1) is 11.3 Å². The van der Waals surface area contributed by atoms with Gasteiger partial charge in [0.05, 0.1) is 19.8 Å². The molecule has 1 amide bonds. The van der Waals surface area contributed by atoms with Crippen molar-refractivity contribution in [3.63, 3.8) is 0 Å². The van der Waals surface area contributed by atoms with Crippen LogP contribution >= 0.6 is 22.9 Å². The van der Waals surface area contributed by atoms with Crippen molar-refractivity contribution in [3.05, 3.63) is 86.6 Å². The van der Waals surface area contributed by atoms with Crippen molar-refractivity contribution in [1.82, 2.24) is 20.1 Å².